The standard InChI is InChI=1S/C16H15NO2S/c1-10-9-11(14-5-4-8-20-14)17-16-13(19-3)7-6-12(18-2)15(10)16/h4-9H,1-3H3. The highest BCUT2D eigenvalue weighted by molar-refractivity contribution is 7.13. The van der Waals surface area contributed by atoms with E-state index in [2.05, 4.69) is 24.4 Å². The minimum atomic E-state index is 0.766. The maximum absolute atomic E-state index is 5.45. The molecule has 0 bridgehead atoms. The first-order chi connectivity index (χ1) is 9.74. The summed E-state index contributed by atoms with van der Waals surface area (Å²) >= 11 is 1.68. The average molecular weight is 285 g/mol. The van der Waals surface area contributed by atoms with Crippen LogP contribution in [0.5, 0.6) is 11.5 Å². The molecular formula is C16H15NO2S. The molecule has 102 valence electrons. The molecule has 20 heavy (non-hydrogen) atoms. The Bertz CT molecular complexity index is 751. The van der Waals surface area contributed by atoms with E-state index in [1.807, 2.05) is 18.2 Å². The van der Waals surface area contributed by atoms with Gasteiger partial charge in [0, 0.05) is 5.39 Å². The first-order valence-electron chi connectivity index (χ1n) is 6.31. The van der Waals surface area contributed by atoms with Crippen LogP contribution >= 0.6 is 11.3 Å². The van der Waals surface area contributed by atoms with E-state index < -0.39 is 0 Å². The van der Waals surface area contributed by atoms with Crippen molar-refractivity contribution in [3.63, 3.8) is 0 Å². The molecule has 0 amide bonds. The van der Waals surface area contributed by atoms with Crippen molar-refractivity contribution in [3.8, 4) is 22.1 Å². The number of ether oxygens (including phenoxy) is 2. The van der Waals surface area contributed by atoms with Crippen LogP contribution in [0.4, 0.5) is 0 Å². The van der Waals surface area contributed by atoms with Gasteiger partial charge in [-0.1, -0.05) is 6.07 Å². The van der Waals surface area contributed by atoms with E-state index in [0.717, 1.165) is 38.5 Å². The second-order valence-electron chi connectivity index (χ2n) is 4.50. The number of pyridine rings is 1. The molecule has 2 heterocycles. The van der Waals surface area contributed by atoms with Crippen molar-refractivity contribution in [2.75, 3.05) is 14.2 Å². The van der Waals surface area contributed by atoms with Crippen LogP contribution < -0.4 is 9.47 Å². The molecule has 0 aliphatic rings. The van der Waals surface area contributed by atoms with Crippen molar-refractivity contribution in [2.45, 2.75) is 6.92 Å². The lowest BCUT2D eigenvalue weighted by Crippen LogP contribution is -1.95. The SMILES string of the molecule is COc1ccc(OC)c2c(C)cc(-c3cccs3)nc12. The Morgan fingerprint density at radius 2 is 1.80 bits per heavy atom. The largest absolute Gasteiger partial charge is 0.496 e. The van der Waals surface area contributed by atoms with Crippen molar-refractivity contribution in [1.82, 2.24) is 4.98 Å². The van der Waals surface area contributed by atoms with Gasteiger partial charge in [0.1, 0.15) is 17.0 Å². The summed E-state index contributed by atoms with van der Waals surface area (Å²) in [6.45, 7) is 2.07. The van der Waals surface area contributed by atoms with Crippen LogP contribution in [0, 0.1) is 6.92 Å². The van der Waals surface area contributed by atoms with Gasteiger partial charge in [-0.05, 0) is 42.1 Å². The molecule has 3 nitrogen and oxygen atoms in total. The van der Waals surface area contributed by atoms with E-state index >= 15 is 0 Å². The Kier molecular flexibility index (Phi) is 3.32. The molecule has 0 spiro atoms. The van der Waals surface area contributed by atoms with Gasteiger partial charge in [-0.15, -0.1) is 11.3 Å². The predicted octanol–water partition coefficient (Wildman–Crippen LogP) is 4.29. The van der Waals surface area contributed by atoms with Gasteiger partial charge in [0.25, 0.3) is 0 Å². The molecule has 0 aliphatic carbocycles. The molecule has 0 unspecified atom stereocenters. The van der Waals surface area contributed by atoms with Crippen molar-refractivity contribution in [3.05, 3.63) is 41.3 Å². The van der Waals surface area contributed by atoms with Crippen LogP contribution in [0.3, 0.4) is 0 Å². The monoisotopic (exact) mass is 285 g/mol. The van der Waals surface area contributed by atoms with E-state index in [1.165, 1.54) is 0 Å². The number of fused-ring (bicyclic) bond motifs is 1. The fourth-order valence-electron chi connectivity index (χ4n) is 2.36. The van der Waals surface area contributed by atoms with Gasteiger partial charge >= 0.3 is 0 Å². The highest BCUT2D eigenvalue weighted by Gasteiger charge is 2.13. The van der Waals surface area contributed by atoms with Crippen LogP contribution in [0.1, 0.15) is 5.56 Å². The molecule has 0 saturated heterocycles. The third kappa shape index (κ3) is 2.02. The first-order valence-corrected chi connectivity index (χ1v) is 7.18. The number of rotatable bonds is 3. The van der Waals surface area contributed by atoms with Crippen LogP contribution in [0.25, 0.3) is 21.5 Å². The van der Waals surface area contributed by atoms with Crippen LogP contribution in [-0.2, 0) is 0 Å². The molecule has 4 heteroatoms. The smallest absolute Gasteiger partial charge is 0.145 e. The Morgan fingerprint density at radius 3 is 2.45 bits per heavy atom. The van der Waals surface area contributed by atoms with E-state index in [9.17, 15) is 0 Å². The first kappa shape index (κ1) is 12.9. The molecule has 3 rings (SSSR count). The lowest BCUT2D eigenvalue weighted by molar-refractivity contribution is 0.409. The zero-order valence-corrected chi connectivity index (χ0v) is 12.5. The van der Waals surface area contributed by atoms with Crippen molar-refractivity contribution >= 4 is 22.2 Å². The fraction of sp³-hybridized carbons (Fsp3) is 0.188. The molecular weight excluding hydrogens is 270 g/mol. The third-order valence-corrected chi connectivity index (χ3v) is 4.19. The highest BCUT2D eigenvalue weighted by Crippen LogP contribution is 2.36. The van der Waals surface area contributed by atoms with Crippen LogP contribution in [0.2, 0.25) is 0 Å². The van der Waals surface area contributed by atoms with E-state index in [4.69, 9.17) is 14.5 Å². The van der Waals surface area contributed by atoms with Gasteiger partial charge in [-0.2, -0.15) is 0 Å². The second kappa shape index (κ2) is 5.13. The zero-order chi connectivity index (χ0) is 14.1. The lowest BCUT2D eigenvalue weighted by Gasteiger charge is -2.12. The number of nitrogens with zero attached hydrogens (tertiary/aromatic N) is 1. The van der Waals surface area contributed by atoms with Crippen molar-refractivity contribution in [2.24, 2.45) is 0 Å². The molecule has 1 aromatic carbocycles. The summed E-state index contributed by atoms with van der Waals surface area (Å²) in [6, 6.07) is 10.0. The number of thiophene rings is 1. The summed E-state index contributed by atoms with van der Waals surface area (Å²) in [5, 5.41) is 3.06. The van der Waals surface area contributed by atoms with Crippen LogP contribution in [-0.4, -0.2) is 19.2 Å². The summed E-state index contributed by atoms with van der Waals surface area (Å²) in [4.78, 5) is 5.92. The van der Waals surface area contributed by atoms with Gasteiger partial charge in [0.15, 0.2) is 0 Å². The normalized spacial score (nSPS) is 10.8. The number of aryl methyl sites for hydroxylation is 1. The summed E-state index contributed by atoms with van der Waals surface area (Å²) in [6.07, 6.45) is 0. The van der Waals surface area contributed by atoms with Gasteiger partial charge in [-0.25, -0.2) is 4.98 Å². The fourth-order valence-corrected chi connectivity index (χ4v) is 3.05. The molecule has 0 radical (unpaired) electrons. The van der Waals surface area contributed by atoms with Gasteiger partial charge < -0.3 is 9.47 Å². The molecule has 0 fully saturated rings. The quantitative estimate of drug-likeness (QED) is 0.719. The number of benzene rings is 1. The Hall–Kier alpha value is -2.07. The van der Waals surface area contributed by atoms with Gasteiger partial charge in [-0.3, -0.25) is 0 Å². The summed E-state index contributed by atoms with van der Waals surface area (Å²) in [5.74, 6) is 1.59. The molecule has 2 aromatic heterocycles. The molecule has 0 N–H and O–H groups in total. The Morgan fingerprint density at radius 1 is 1.05 bits per heavy atom. The van der Waals surface area contributed by atoms with Crippen molar-refractivity contribution < 1.29 is 9.47 Å². The van der Waals surface area contributed by atoms with Crippen molar-refractivity contribution in [1.29, 1.82) is 0 Å². The summed E-state index contributed by atoms with van der Waals surface area (Å²) < 4.78 is 10.9. The maximum Gasteiger partial charge on any atom is 0.145 e. The third-order valence-electron chi connectivity index (χ3n) is 3.30. The molecule has 0 saturated carbocycles. The number of aromatic nitrogens is 1. The number of hydrogen-bond donors (Lipinski definition) is 0. The lowest BCUT2D eigenvalue weighted by atomic mass is 10.1. The number of methoxy groups -OCH3 is 2. The summed E-state index contributed by atoms with van der Waals surface area (Å²) in [5.41, 5.74) is 2.95. The summed E-state index contributed by atoms with van der Waals surface area (Å²) in [7, 11) is 3.34. The van der Waals surface area contributed by atoms with Gasteiger partial charge in [0.05, 0.1) is 24.8 Å². The number of hydrogen-bond acceptors (Lipinski definition) is 4. The Balaban J connectivity index is 2.35. The molecule has 3 aromatic rings. The minimum absolute atomic E-state index is 0.766. The zero-order valence-electron chi connectivity index (χ0n) is 11.6. The van der Waals surface area contributed by atoms with E-state index in [0.29, 0.717) is 0 Å². The maximum atomic E-state index is 5.45. The highest BCUT2D eigenvalue weighted by atomic mass is 32.1. The van der Waals surface area contributed by atoms with E-state index in [1.54, 1.807) is 25.6 Å². The average Bonchev–Trinajstić information content (AvgIpc) is 3.00. The van der Waals surface area contributed by atoms with Crippen LogP contribution in [0.15, 0.2) is 35.7 Å². The second-order valence-corrected chi connectivity index (χ2v) is 5.44. The molecule has 0 atom stereocenters. The van der Waals surface area contributed by atoms with Gasteiger partial charge in [0.2, 0.25) is 0 Å². The minimum Gasteiger partial charge on any atom is -0.496 e. The van der Waals surface area contributed by atoms with E-state index in [-0.39, 0.29) is 0 Å². The predicted molar refractivity (Wildman–Crippen MR) is 82.9 cm³/mol. The Labute approximate surface area is 121 Å². The molecule has 0 aliphatic heterocycles. The topological polar surface area (TPSA) is 31.4 Å².